The predicted molar refractivity (Wildman–Crippen MR) is 476 cm³/mol. The van der Waals surface area contributed by atoms with Gasteiger partial charge < -0.3 is 108 Å². The number of unbranched alkanes of at least 4 members (excludes halogenated alkanes) is 15. The van der Waals surface area contributed by atoms with Crippen molar-refractivity contribution in [2.45, 2.75) is 254 Å². The van der Waals surface area contributed by atoms with E-state index in [0.717, 1.165) is 67.6 Å². The zero-order chi connectivity index (χ0) is 95.8. The van der Waals surface area contributed by atoms with Crippen molar-refractivity contribution in [3.05, 3.63) is 107 Å². The van der Waals surface area contributed by atoms with Crippen molar-refractivity contribution in [1.82, 2.24) is 62.6 Å². The summed E-state index contributed by atoms with van der Waals surface area (Å²) in [5, 5.41) is 61.9. The van der Waals surface area contributed by atoms with E-state index in [0.29, 0.717) is 54.1 Å². The van der Waals surface area contributed by atoms with Gasteiger partial charge in [-0.2, -0.15) is 8.42 Å². The highest BCUT2D eigenvalue weighted by atomic mass is 32.2. The van der Waals surface area contributed by atoms with Crippen molar-refractivity contribution in [1.29, 1.82) is 0 Å². The minimum absolute atomic E-state index is 0.00301. The van der Waals surface area contributed by atoms with E-state index in [2.05, 4.69) is 52.8 Å². The van der Waals surface area contributed by atoms with E-state index in [1.54, 1.807) is 67.7 Å². The number of aliphatic carboxylic acids is 4. The fourth-order valence-corrected chi connectivity index (χ4v) is 14.6. The van der Waals surface area contributed by atoms with E-state index in [-0.39, 0.29) is 128 Å². The molecule has 4 rings (SSSR count). The van der Waals surface area contributed by atoms with E-state index in [1.165, 1.54) is 64.0 Å². The number of hydrogen-bond acceptors (Lipinski definition) is 22. The van der Waals surface area contributed by atoms with Gasteiger partial charge in [0.25, 0.3) is 10.1 Å². The lowest BCUT2D eigenvalue weighted by atomic mass is 10.0. The largest absolute Gasteiger partial charge is 0.481 e. The lowest BCUT2D eigenvalue weighted by Crippen LogP contribution is -2.59. The molecule has 3 aromatic carbocycles. The minimum atomic E-state index is -4.49. The first-order valence-electron chi connectivity index (χ1n) is 44.3. The van der Waals surface area contributed by atoms with Crippen molar-refractivity contribution in [2.24, 2.45) is 5.73 Å². The van der Waals surface area contributed by atoms with E-state index >= 15 is 0 Å². The van der Waals surface area contributed by atoms with Gasteiger partial charge in [0.15, 0.2) is 0 Å². The maximum atomic E-state index is 14.8. The van der Waals surface area contributed by atoms with Gasteiger partial charge in [0.05, 0.1) is 59.0 Å². The summed E-state index contributed by atoms with van der Waals surface area (Å²) in [6.45, 7) is 1.78. The average Bonchev–Trinajstić information content (AvgIpc) is 1.58. The molecule has 1 heterocycles. The van der Waals surface area contributed by atoms with Crippen LogP contribution in [0.1, 0.15) is 203 Å². The molecule has 0 spiro atoms. The Balaban J connectivity index is 1.27. The Morgan fingerprint density at radius 2 is 0.877 bits per heavy atom. The van der Waals surface area contributed by atoms with Crippen LogP contribution in [0.15, 0.2) is 85.1 Å². The van der Waals surface area contributed by atoms with Crippen molar-refractivity contribution >= 4 is 116 Å². The second-order valence-electron chi connectivity index (χ2n) is 31.8. The molecular formula is C89H133N13O27S. The van der Waals surface area contributed by atoms with Gasteiger partial charge in [-0.25, -0.2) is 4.79 Å². The van der Waals surface area contributed by atoms with Gasteiger partial charge in [-0.3, -0.25) is 76.5 Å². The van der Waals surface area contributed by atoms with Crippen LogP contribution in [0.2, 0.25) is 0 Å². The number of likely N-dealkylation sites (N-methyl/N-ethyl adjacent to an activating group) is 2. The van der Waals surface area contributed by atoms with Gasteiger partial charge in [-0.1, -0.05) is 189 Å². The number of nitrogens with two attached hydrogens (primary N) is 1. The molecule has 12 amide bonds. The molecule has 0 aliphatic rings. The number of nitrogens with one attached hydrogen (secondary N) is 10. The summed E-state index contributed by atoms with van der Waals surface area (Å²) in [7, 11) is -2.05. The SMILES string of the molecule is CCCC[C@H](NC(=O)[C@H](Cc1ccc(CS(=O)(=O)O)cc1)NC(=O)[C@H](CC(=O)O)NC(=O)COCCOCCNC(=O)COCCOCCNC(=O)CC[C@H](NC(=O)CCCCCCCCCCCCCCCCC(=O)O)C(=O)O)C(=O)NCC(=O)N[C@@H](Cc1c[nH]c2ccccc12)C(=O)N[C@@H](CCCC)C(=O)N(C)[C@H](CC(=O)O)C(=O)N(C)[C@@H](Cc1ccccc1)C(N)=O. The maximum absolute atomic E-state index is 14.8. The number of nitrogens with zero attached hydrogens (tertiary/aromatic N) is 2. The van der Waals surface area contributed by atoms with Gasteiger partial charge >= 0.3 is 23.9 Å². The minimum Gasteiger partial charge on any atom is -0.481 e. The van der Waals surface area contributed by atoms with Crippen LogP contribution in [0.25, 0.3) is 10.9 Å². The Bertz CT molecular complexity index is 4370. The van der Waals surface area contributed by atoms with E-state index < -0.39 is 185 Å². The zero-order valence-corrected chi connectivity index (χ0v) is 75.6. The van der Waals surface area contributed by atoms with Crippen LogP contribution >= 0.6 is 0 Å². The van der Waals surface area contributed by atoms with E-state index in [4.69, 9.17) is 29.8 Å². The second kappa shape index (κ2) is 62.7. The fourth-order valence-electron chi connectivity index (χ4n) is 14.0. The third-order valence-corrected chi connectivity index (χ3v) is 21.9. The molecule has 8 atom stereocenters. The summed E-state index contributed by atoms with van der Waals surface area (Å²) in [5.74, 6) is -15.8. The molecule has 722 valence electrons. The number of rotatable bonds is 72. The van der Waals surface area contributed by atoms with Crippen molar-refractivity contribution in [3.63, 3.8) is 0 Å². The van der Waals surface area contributed by atoms with Gasteiger partial charge in [0, 0.05) is 82.8 Å². The number of aromatic amines is 1. The third kappa shape index (κ3) is 46.6. The topological polar surface area (TPSA) is 602 Å². The number of fused-ring (bicyclic) bond motifs is 1. The van der Waals surface area contributed by atoms with Crippen LogP contribution in [0.4, 0.5) is 0 Å². The number of carbonyl (C=O) groups is 16. The Morgan fingerprint density at radius 1 is 0.408 bits per heavy atom. The van der Waals surface area contributed by atoms with Crippen LogP contribution < -0.4 is 53.6 Å². The first kappa shape index (κ1) is 111. The molecule has 17 N–H and O–H groups in total. The Labute approximate surface area is 757 Å². The number of carboxylic acids is 4. The molecule has 0 saturated carbocycles. The number of amides is 12. The number of para-hydroxylation sites is 1. The number of H-pyrrole nitrogens is 1. The fraction of sp³-hybridized carbons (Fsp3) is 0.596. The number of ether oxygens (including phenoxy) is 4. The molecule has 0 aliphatic carbocycles. The van der Waals surface area contributed by atoms with Crippen LogP contribution in [0.3, 0.4) is 0 Å². The third-order valence-electron chi connectivity index (χ3n) is 21.2. The zero-order valence-electron chi connectivity index (χ0n) is 74.8. The lowest BCUT2D eigenvalue weighted by Gasteiger charge is -2.35. The van der Waals surface area contributed by atoms with Gasteiger partial charge in [-0.15, -0.1) is 0 Å². The van der Waals surface area contributed by atoms with Gasteiger partial charge in [-0.05, 0) is 60.4 Å². The molecule has 4 aromatic rings. The smallest absolute Gasteiger partial charge is 0.326 e. The van der Waals surface area contributed by atoms with Crippen LogP contribution in [0, 0.1) is 0 Å². The molecule has 1 aromatic heterocycles. The number of carboxylic acid groups (broad SMARTS) is 4. The summed E-state index contributed by atoms with van der Waals surface area (Å²) in [5.41, 5.74) is 8.02. The molecule has 0 saturated heterocycles. The van der Waals surface area contributed by atoms with Gasteiger partial charge in [0.2, 0.25) is 70.9 Å². The molecule has 41 heteroatoms. The maximum Gasteiger partial charge on any atom is 0.326 e. The first-order valence-corrected chi connectivity index (χ1v) is 45.9. The molecule has 130 heavy (non-hydrogen) atoms. The average molecular weight is 1850 g/mol. The number of aromatic nitrogens is 1. The van der Waals surface area contributed by atoms with Gasteiger partial charge in [0.1, 0.15) is 67.3 Å². The molecule has 0 radical (unpaired) electrons. The first-order chi connectivity index (χ1) is 62.1. The van der Waals surface area contributed by atoms with Crippen LogP contribution in [-0.4, -0.2) is 278 Å². The molecule has 0 unspecified atom stereocenters. The molecule has 0 aliphatic heterocycles. The number of benzene rings is 3. The molecular weight excluding hydrogens is 1720 g/mol. The van der Waals surface area contributed by atoms with E-state index in [1.807, 2.05) is 6.92 Å². The molecule has 40 nitrogen and oxygen atoms in total. The number of hydrogen-bond donors (Lipinski definition) is 16. The van der Waals surface area contributed by atoms with Crippen molar-refractivity contribution < 1.29 is 129 Å². The monoisotopic (exact) mass is 1850 g/mol. The van der Waals surface area contributed by atoms with E-state index in [9.17, 15) is 105 Å². The highest BCUT2D eigenvalue weighted by Gasteiger charge is 2.40. The standard InChI is InChI=1S/C89H133N13O27S/c1-5-7-31-66(83(115)94-56-76(105)96-70(52-63-55-93-65-33-27-26-30-64(63)65)85(117)99-67(32-8-6-2)87(119)102(4)73(54-81(112)113)88(120)101(3)72(82(90)114)51-60-28-22-21-23-29-60)98-84(116)69(50-61-36-38-62(39-37-61)59-130(123,124)125)100-86(118)71(53-80(110)111)97-78(107)58-129-49-47-127-45-43-92-77(106)57-128-48-46-126-44-42-91-74(103)41-40-68(89(121)122)95-75(104)34-24-19-17-15-13-11-9-10-12-14-16-18-20-25-35-79(108)109/h21-23,26-30,33,36-39,55,66-73,93H,5-20,24-25,31-32,34-35,40-54,56-59H2,1-4H3,(H2,90,114)(H,91,103)(H,92,106)(H,94,115)(H,95,104)(H,96,105)(H,97,107)(H,98,116)(H,99,117)(H,100,118)(H,108,109)(H,110,111)(H,112,113)(H,121,122)(H,123,124,125)/t66-,67-,68-,69-,70-,71-,72-,73+/m0/s1. The Hall–Kier alpha value is -11.5. The highest BCUT2D eigenvalue weighted by molar-refractivity contribution is 7.85. The highest BCUT2D eigenvalue weighted by Crippen LogP contribution is 2.22. The number of carbonyl (C=O) groups excluding carboxylic acids is 12. The van der Waals surface area contributed by atoms with Crippen molar-refractivity contribution in [3.8, 4) is 0 Å². The Morgan fingerprint density at radius 3 is 1.43 bits per heavy atom. The van der Waals surface area contributed by atoms with Crippen LogP contribution in [-0.2, 0) is 131 Å². The summed E-state index contributed by atoms with van der Waals surface area (Å²) in [6, 6.07) is 8.95. The number of primary amides is 1. The summed E-state index contributed by atoms with van der Waals surface area (Å²) in [4.78, 5) is 216. The normalized spacial score (nSPS) is 13.1. The molecule has 0 bridgehead atoms. The molecule has 0 fully saturated rings. The van der Waals surface area contributed by atoms with Crippen LogP contribution in [0.5, 0.6) is 0 Å². The second-order valence-corrected chi connectivity index (χ2v) is 33.3. The predicted octanol–water partition coefficient (Wildman–Crippen LogP) is 3.57. The lowest BCUT2D eigenvalue weighted by molar-refractivity contribution is -0.152. The van der Waals surface area contributed by atoms with Crippen molar-refractivity contribution in [2.75, 3.05) is 86.6 Å². The quantitative estimate of drug-likeness (QED) is 0.0222. The summed E-state index contributed by atoms with van der Waals surface area (Å²) >= 11 is 0. The Kier molecular flexibility index (Phi) is 53.4. The summed E-state index contributed by atoms with van der Waals surface area (Å²) in [6.07, 6.45) is 15.2. The summed E-state index contributed by atoms with van der Waals surface area (Å²) < 4.78 is 54.5.